The lowest BCUT2D eigenvalue weighted by atomic mass is 9.97. The first kappa shape index (κ1) is 15.0. The Morgan fingerprint density at radius 3 is 3.05 bits per heavy atom. The maximum atomic E-state index is 13.4. The fourth-order valence-electron chi connectivity index (χ4n) is 2.93. The molecule has 3 nitrogen and oxygen atoms in total. The van der Waals surface area contributed by atoms with Gasteiger partial charge < -0.3 is 5.32 Å². The average molecular weight is 275 g/mol. The topological polar surface area (TPSA) is 39.1 Å². The van der Waals surface area contributed by atoms with E-state index < -0.39 is 0 Å². The van der Waals surface area contributed by atoms with Crippen LogP contribution < -0.4 is 5.32 Å². The number of piperidine rings is 1. The lowest BCUT2D eigenvalue weighted by Gasteiger charge is -2.36. The summed E-state index contributed by atoms with van der Waals surface area (Å²) >= 11 is 0. The first-order valence-electron chi connectivity index (χ1n) is 7.31. The maximum Gasteiger partial charge on any atom is 0.123 e. The summed E-state index contributed by atoms with van der Waals surface area (Å²) in [6.45, 7) is 2.71. The minimum absolute atomic E-state index is 0.261. The number of hydrogen-bond donors (Lipinski definition) is 1. The Kier molecular flexibility index (Phi) is 5.51. The van der Waals surface area contributed by atoms with Crippen LogP contribution in [-0.4, -0.2) is 31.1 Å². The van der Waals surface area contributed by atoms with Crippen molar-refractivity contribution >= 4 is 0 Å². The molecule has 20 heavy (non-hydrogen) atoms. The quantitative estimate of drug-likeness (QED) is 0.898. The van der Waals surface area contributed by atoms with Crippen molar-refractivity contribution < 1.29 is 4.39 Å². The van der Waals surface area contributed by atoms with E-state index in [-0.39, 0.29) is 5.82 Å². The zero-order chi connectivity index (χ0) is 14.4. The Bertz CT molecular complexity index is 481. The van der Waals surface area contributed by atoms with Gasteiger partial charge in [0, 0.05) is 12.6 Å². The highest BCUT2D eigenvalue weighted by molar-refractivity contribution is 5.37. The highest BCUT2D eigenvalue weighted by Gasteiger charge is 2.22. The van der Waals surface area contributed by atoms with Crippen molar-refractivity contribution in [3.63, 3.8) is 0 Å². The molecule has 4 heteroatoms. The molecule has 108 valence electrons. The number of hydrogen-bond acceptors (Lipinski definition) is 3. The molecular formula is C16H22FN3. The molecule has 1 aromatic rings. The number of benzene rings is 1. The van der Waals surface area contributed by atoms with Crippen molar-refractivity contribution in [3.05, 3.63) is 35.1 Å². The normalized spacial score (nSPS) is 19.8. The van der Waals surface area contributed by atoms with E-state index in [1.54, 1.807) is 6.07 Å². The minimum Gasteiger partial charge on any atom is -0.320 e. The van der Waals surface area contributed by atoms with Crippen molar-refractivity contribution in [2.24, 2.45) is 0 Å². The molecule has 0 aliphatic carbocycles. The largest absolute Gasteiger partial charge is 0.320 e. The molecule has 0 radical (unpaired) electrons. The van der Waals surface area contributed by atoms with Crippen LogP contribution in [0.2, 0.25) is 0 Å². The number of nitriles is 1. The monoisotopic (exact) mass is 275 g/mol. The average Bonchev–Trinajstić information content (AvgIpc) is 2.47. The molecular weight excluding hydrogens is 253 g/mol. The molecule has 1 aliphatic heterocycles. The molecule has 1 aliphatic rings. The summed E-state index contributed by atoms with van der Waals surface area (Å²) in [7, 11) is 1.97. The predicted molar refractivity (Wildman–Crippen MR) is 77.7 cm³/mol. The van der Waals surface area contributed by atoms with Crippen LogP contribution in [0.3, 0.4) is 0 Å². The predicted octanol–water partition coefficient (Wildman–Crippen LogP) is 2.66. The van der Waals surface area contributed by atoms with Crippen LogP contribution in [0.5, 0.6) is 0 Å². The minimum atomic E-state index is -0.261. The van der Waals surface area contributed by atoms with Gasteiger partial charge >= 0.3 is 0 Å². The number of rotatable bonds is 5. The molecule has 0 spiro atoms. The van der Waals surface area contributed by atoms with Gasteiger partial charge in [-0.1, -0.05) is 6.42 Å². The van der Waals surface area contributed by atoms with Crippen LogP contribution in [-0.2, 0) is 6.54 Å². The van der Waals surface area contributed by atoms with Gasteiger partial charge in [0.15, 0.2) is 0 Å². The molecule has 1 N–H and O–H groups in total. The number of halogens is 1. The van der Waals surface area contributed by atoms with E-state index in [0.717, 1.165) is 25.1 Å². The molecule has 2 rings (SSSR count). The number of nitrogens with one attached hydrogen (secondary N) is 1. The Labute approximate surface area is 120 Å². The summed E-state index contributed by atoms with van der Waals surface area (Å²) in [4.78, 5) is 2.40. The van der Waals surface area contributed by atoms with E-state index in [0.29, 0.717) is 18.2 Å². The molecule has 1 fully saturated rings. The van der Waals surface area contributed by atoms with Gasteiger partial charge in [0.1, 0.15) is 5.82 Å². The van der Waals surface area contributed by atoms with Gasteiger partial charge in [-0.15, -0.1) is 0 Å². The van der Waals surface area contributed by atoms with Crippen LogP contribution in [0.4, 0.5) is 4.39 Å². The Balaban J connectivity index is 2.10. The van der Waals surface area contributed by atoms with Gasteiger partial charge in [-0.2, -0.15) is 5.26 Å². The third-order valence-corrected chi connectivity index (χ3v) is 4.04. The Hall–Kier alpha value is -1.44. The second-order valence-corrected chi connectivity index (χ2v) is 5.43. The van der Waals surface area contributed by atoms with Gasteiger partial charge in [-0.3, -0.25) is 4.90 Å². The van der Waals surface area contributed by atoms with Crippen molar-refractivity contribution in [3.8, 4) is 6.07 Å². The van der Waals surface area contributed by atoms with Crippen LogP contribution >= 0.6 is 0 Å². The number of likely N-dealkylation sites (tertiary alicyclic amines) is 1. The Morgan fingerprint density at radius 1 is 1.45 bits per heavy atom. The summed E-state index contributed by atoms with van der Waals surface area (Å²) in [6.07, 6.45) is 4.75. The molecule has 0 aromatic heterocycles. The first-order chi connectivity index (χ1) is 9.74. The third kappa shape index (κ3) is 3.78. The SMILES string of the molecule is CNCCC1CCCCN1Cc1cc(F)ccc1C#N. The highest BCUT2D eigenvalue weighted by atomic mass is 19.1. The van der Waals surface area contributed by atoms with Gasteiger partial charge in [0.05, 0.1) is 11.6 Å². The molecule has 0 amide bonds. The molecule has 0 bridgehead atoms. The van der Waals surface area contributed by atoms with E-state index in [9.17, 15) is 4.39 Å². The lowest BCUT2D eigenvalue weighted by Crippen LogP contribution is -2.40. The van der Waals surface area contributed by atoms with E-state index in [2.05, 4.69) is 16.3 Å². The third-order valence-electron chi connectivity index (χ3n) is 4.04. The second-order valence-electron chi connectivity index (χ2n) is 5.43. The summed E-state index contributed by atoms with van der Waals surface area (Å²) in [5.41, 5.74) is 1.40. The van der Waals surface area contributed by atoms with E-state index in [4.69, 9.17) is 5.26 Å². The molecule has 1 saturated heterocycles. The van der Waals surface area contributed by atoms with Crippen LogP contribution in [0.25, 0.3) is 0 Å². The summed E-state index contributed by atoms with van der Waals surface area (Å²) in [5, 5.41) is 12.3. The zero-order valence-corrected chi connectivity index (χ0v) is 12.0. The number of nitrogens with zero attached hydrogens (tertiary/aromatic N) is 2. The molecule has 1 unspecified atom stereocenters. The Morgan fingerprint density at radius 2 is 2.30 bits per heavy atom. The van der Waals surface area contributed by atoms with Gasteiger partial charge in [-0.25, -0.2) is 4.39 Å². The molecule has 1 atom stereocenters. The fraction of sp³-hybridized carbons (Fsp3) is 0.562. The van der Waals surface area contributed by atoms with Crippen LogP contribution in [0.1, 0.15) is 36.8 Å². The van der Waals surface area contributed by atoms with E-state index in [1.807, 2.05) is 7.05 Å². The summed E-state index contributed by atoms with van der Waals surface area (Å²) < 4.78 is 13.4. The second kappa shape index (κ2) is 7.37. The highest BCUT2D eigenvalue weighted by Crippen LogP contribution is 2.23. The van der Waals surface area contributed by atoms with Crippen LogP contribution in [0.15, 0.2) is 18.2 Å². The fourth-order valence-corrected chi connectivity index (χ4v) is 2.93. The molecule has 0 saturated carbocycles. The summed E-state index contributed by atoms with van der Waals surface area (Å²) in [6, 6.07) is 7.14. The van der Waals surface area contributed by atoms with Gasteiger partial charge in [0.2, 0.25) is 0 Å². The maximum absolute atomic E-state index is 13.4. The van der Waals surface area contributed by atoms with E-state index >= 15 is 0 Å². The smallest absolute Gasteiger partial charge is 0.123 e. The molecule has 1 heterocycles. The van der Waals surface area contributed by atoms with Crippen LogP contribution in [0, 0.1) is 17.1 Å². The summed E-state index contributed by atoms with van der Waals surface area (Å²) in [5.74, 6) is -0.261. The zero-order valence-electron chi connectivity index (χ0n) is 12.0. The van der Waals surface area contributed by atoms with Crippen molar-refractivity contribution in [2.75, 3.05) is 20.1 Å². The molecule has 1 aromatic carbocycles. The standard InChI is InChI=1S/C16H22FN3/c1-19-8-7-16-4-2-3-9-20(16)12-14-10-15(17)6-5-13(14)11-18/h5-6,10,16,19H,2-4,7-9,12H2,1H3. The van der Waals surface area contributed by atoms with Gasteiger partial charge in [-0.05, 0) is 63.2 Å². The lowest BCUT2D eigenvalue weighted by molar-refractivity contribution is 0.132. The van der Waals surface area contributed by atoms with Crippen molar-refractivity contribution in [2.45, 2.75) is 38.3 Å². The van der Waals surface area contributed by atoms with Crippen molar-refractivity contribution in [1.29, 1.82) is 5.26 Å². The first-order valence-corrected chi connectivity index (χ1v) is 7.31. The van der Waals surface area contributed by atoms with Gasteiger partial charge in [0.25, 0.3) is 0 Å². The van der Waals surface area contributed by atoms with Crippen molar-refractivity contribution in [1.82, 2.24) is 10.2 Å². The van der Waals surface area contributed by atoms with E-state index in [1.165, 1.54) is 31.4 Å².